The molecule has 0 aromatic rings. The standard InChI is InChI=1S/C6H10N/c1-7(4-5-7)6-2-3-6/h2H,3-5H2,1H3/q+1. The zero-order valence-corrected chi connectivity index (χ0v) is 4.65. The molecule has 0 spiro atoms. The van der Waals surface area contributed by atoms with Gasteiger partial charge >= 0.3 is 0 Å². The SMILES string of the molecule is C[N+]1(C2=CC2)CC1. The molecule has 2 rings (SSSR count). The van der Waals surface area contributed by atoms with Gasteiger partial charge in [-0.25, -0.2) is 0 Å². The van der Waals surface area contributed by atoms with Crippen molar-refractivity contribution in [3.05, 3.63) is 11.8 Å². The summed E-state index contributed by atoms with van der Waals surface area (Å²) in [5, 5.41) is 0. The molecule has 0 atom stereocenters. The second kappa shape index (κ2) is 0.781. The van der Waals surface area contributed by atoms with E-state index in [0.717, 1.165) is 0 Å². The van der Waals surface area contributed by atoms with Crippen molar-refractivity contribution in [1.29, 1.82) is 0 Å². The fourth-order valence-corrected chi connectivity index (χ4v) is 0.924. The van der Waals surface area contributed by atoms with Crippen molar-refractivity contribution in [3.63, 3.8) is 0 Å². The molecular weight excluding hydrogens is 86.1 g/mol. The van der Waals surface area contributed by atoms with E-state index >= 15 is 0 Å². The van der Waals surface area contributed by atoms with Gasteiger partial charge in [0.05, 0.1) is 7.05 Å². The number of likely N-dealkylation sites (N-methyl/N-ethyl adjacent to an activating group) is 1. The van der Waals surface area contributed by atoms with E-state index in [0.29, 0.717) is 0 Å². The van der Waals surface area contributed by atoms with Crippen LogP contribution in [0, 0.1) is 0 Å². The lowest BCUT2D eigenvalue weighted by atomic mass is 10.7. The summed E-state index contributed by atoms with van der Waals surface area (Å²) in [6.45, 7) is 2.79. The van der Waals surface area contributed by atoms with Gasteiger partial charge in [-0.1, -0.05) is 0 Å². The van der Waals surface area contributed by atoms with E-state index in [9.17, 15) is 0 Å². The van der Waals surface area contributed by atoms with Crippen molar-refractivity contribution in [3.8, 4) is 0 Å². The van der Waals surface area contributed by atoms with Crippen molar-refractivity contribution in [1.82, 2.24) is 0 Å². The van der Waals surface area contributed by atoms with Crippen LogP contribution in [0.2, 0.25) is 0 Å². The first-order chi connectivity index (χ1) is 3.31. The third-order valence-electron chi connectivity index (χ3n) is 1.97. The number of hydrogen-bond donors (Lipinski definition) is 0. The van der Waals surface area contributed by atoms with Crippen LogP contribution >= 0.6 is 0 Å². The Hall–Kier alpha value is -0.300. The molecule has 1 saturated heterocycles. The zero-order chi connectivity index (χ0) is 4.91. The second-order valence-corrected chi connectivity index (χ2v) is 2.74. The Morgan fingerprint density at radius 1 is 1.57 bits per heavy atom. The van der Waals surface area contributed by atoms with Crippen LogP contribution in [0.15, 0.2) is 11.8 Å². The smallest absolute Gasteiger partial charge is 0.133 e. The number of quaternary nitrogens is 1. The topological polar surface area (TPSA) is 0 Å². The summed E-state index contributed by atoms with van der Waals surface area (Å²) in [5.74, 6) is 0. The molecule has 0 N–H and O–H groups in total. The quantitative estimate of drug-likeness (QED) is 0.333. The first kappa shape index (κ1) is 3.67. The Morgan fingerprint density at radius 2 is 2.14 bits per heavy atom. The Morgan fingerprint density at radius 3 is 2.29 bits per heavy atom. The minimum atomic E-state index is 1.28. The molecule has 0 saturated carbocycles. The zero-order valence-electron chi connectivity index (χ0n) is 4.65. The molecule has 1 aliphatic carbocycles. The highest BCUT2D eigenvalue weighted by Crippen LogP contribution is 2.36. The normalized spacial score (nSPS) is 31.9. The van der Waals surface area contributed by atoms with E-state index < -0.39 is 0 Å². The van der Waals surface area contributed by atoms with Gasteiger partial charge in [-0.15, -0.1) is 0 Å². The minimum Gasteiger partial charge on any atom is -0.288 e. The molecule has 0 aromatic heterocycles. The predicted molar refractivity (Wildman–Crippen MR) is 28.6 cm³/mol. The van der Waals surface area contributed by atoms with Crippen LogP contribution in [0.1, 0.15) is 6.42 Å². The van der Waals surface area contributed by atoms with Crippen molar-refractivity contribution < 1.29 is 4.48 Å². The summed E-state index contributed by atoms with van der Waals surface area (Å²) in [4.78, 5) is 0. The molecule has 0 radical (unpaired) electrons. The average Bonchev–Trinajstić information content (AvgIpc) is 2.14. The lowest BCUT2D eigenvalue weighted by Crippen LogP contribution is -2.11. The number of allylic oxidation sites excluding steroid dienone is 2. The summed E-state index contributed by atoms with van der Waals surface area (Å²) in [7, 11) is 2.30. The van der Waals surface area contributed by atoms with Crippen LogP contribution in [0.4, 0.5) is 0 Å². The van der Waals surface area contributed by atoms with E-state index in [1.54, 1.807) is 5.70 Å². The van der Waals surface area contributed by atoms with Crippen LogP contribution in [-0.2, 0) is 0 Å². The maximum atomic E-state index is 2.33. The van der Waals surface area contributed by atoms with Crippen LogP contribution in [0.3, 0.4) is 0 Å². The van der Waals surface area contributed by atoms with E-state index in [4.69, 9.17) is 0 Å². The predicted octanol–water partition coefficient (Wildman–Crippen LogP) is 0.734. The van der Waals surface area contributed by atoms with Gasteiger partial charge in [0.15, 0.2) is 0 Å². The van der Waals surface area contributed by atoms with Gasteiger partial charge in [-0.05, 0) is 6.08 Å². The molecular formula is C6H10N+. The lowest BCUT2D eigenvalue weighted by Gasteiger charge is -2.02. The Kier molecular flexibility index (Phi) is 0.409. The minimum absolute atomic E-state index is 1.28. The molecule has 1 aliphatic heterocycles. The second-order valence-electron chi connectivity index (χ2n) is 2.74. The third kappa shape index (κ3) is 0.416. The Bertz CT molecular complexity index is 131. The van der Waals surface area contributed by atoms with E-state index in [2.05, 4.69) is 13.1 Å². The summed E-state index contributed by atoms with van der Waals surface area (Å²) in [5.41, 5.74) is 1.67. The maximum Gasteiger partial charge on any atom is 0.133 e. The third-order valence-corrected chi connectivity index (χ3v) is 1.97. The van der Waals surface area contributed by atoms with Gasteiger partial charge in [0, 0.05) is 6.42 Å². The van der Waals surface area contributed by atoms with Crippen LogP contribution in [0.5, 0.6) is 0 Å². The van der Waals surface area contributed by atoms with Gasteiger partial charge in [0.2, 0.25) is 0 Å². The summed E-state index contributed by atoms with van der Waals surface area (Å²) >= 11 is 0. The fourth-order valence-electron chi connectivity index (χ4n) is 0.924. The van der Waals surface area contributed by atoms with Gasteiger partial charge in [-0.3, -0.25) is 4.48 Å². The van der Waals surface area contributed by atoms with Crippen molar-refractivity contribution in [2.24, 2.45) is 0 Å². The Labute approximate surface area is 43.8 Å². The summed E-state index contributed by atoms with van der Waals surface area (Å²) in [6.07, 6.45) is 3.63. The van der Waals surface area contributed by atoms with Crippen LogP contribution in [-0.4, -0.2) is 24.6 Å². The summed E-state index contributed by atoms with van der Waals surface area (Å²) < 4.78 is 1.28. The summed E-state index contributed by atoms with van der Waals surface area (Å²) in [6, 6.07) is 0. The fraction of sp³-hybridized carbons (Fsp3) is 0.667. The van der Waals surface area contributed by atoms with Gasteiger partial charge in [-0.2, -0.15) is 0 Å². The molecule has 38 valence electrons. The van der Waals surface area contributed by atoms with Gasteiger partial charge < -0.3 is 0 Å². The highest BCUT2D eigenvalue weighted by molar-refractivity contribution is 5.15. The first-order valence-corrected chi connectivity index (χ1v) is 2.85. The molecule has 0 unspecified atom stereocenters. The van der Waals surface area contributed by atoms with E-state index in [1.165, 1.54) is 24.0 Å². The van der Waals surface area contributed by atoms with Crippen molar-refractivity contribution in [2.75, 3.05) is 20.1 Å². The number of hydrogen-bond acceptors (Lipinski definition) is 0. The number of rotatable bonds is 1. The maximum absolute atomic E-state index is 2.33. The van der Waals surface area contributed by atoms with Crippen LogP contribution in [0.25, 0.3) is 0 Å². The molecule has 2 aliphatic rings. The molecule has 0 bridgehead atoms. The molecule has 1 nitrogen and oxygen atoms in total. The average molecular weight is 96.2 g/mol. The lowest BCUT2D eigenvalue weighted by molar-refractivity contribution is -0.729. The molecule has 7 heavy (non-hydrogen) atoms. The largest absolute Gasteiger partial charge is 0.288 e. The molecule has 0 amide bonds. The monoisotopic (exact) mass is 96.1 g/mol. The van der Waals surface area contributed by atoms with Crippen molar-refractivity contribution in [2.45, 2.75) is 6.42 Å². The van der Waals surface area contributed by atoms with E-state index in [1.807, 2.05) is 0 Å². The molecule has 1 heteroatoms. The Balaban J connectivity index is 2.18. The molecule has 1 heterocycles. The van der Waals surface area contributed by atoms with E-state index in [-0.39, 0.29) is 0 Å². The van der Waals surface area contributed by atoms with Gasteiger partial charge in [0.1, 0.15) is 18.8 Å². The molecule has 1 fully saturated rings. The highest BCUT2D eigenvalue weighted by atomic mass is 15.5. The first-order valence-electron chi connectivity index (χ1n) is 2.85. The van der Waals surface area contributed by atoms with Gasteiger partial charge in [0.25, 0.3) is 0 Å². The molecule has 0 aromatic carbocycles. The van der Waals surface area contributed by atoms with Crippen molar-refractivity contribution >= 4 is 0 Å². The number of nitrogens with zero attached hydrogens (tertiary/aromatic N) is 1. The highest BCUT2D eigenvalue weighted by Gasteiger charge is 2.44. The van der Waals surface area contributed by atoms with Crippen LogP contribution < -0.4 is 0 Å².